The highest BCUT2D eigenvalue weighted by Crippen LogP contribution is 2.28. The van der Waals surface area contributed by atoms with E-state index in [0.717, 1.165) is 5.56 Å². The van der Waals surface area contributed by atoms with Crippen molar-refractivity contribution >= 4 is 25.6 Å². The predicted molar refractivity (Wildman–Crippen MR) is 73.0 cm³/mol. The van der Waals surface area contributed by atoms with Crippen molar-refractivity contribution in [1.82, 2.24) is 5.32 Å². The summed E-state index contributed by atoms with van der Waals surface area (Å²) in [7, 11) is 1.47. The predicted octanol–water partition coefficient (Wildman–Crippen LogP) is 1.83. The first-order valence-corrected chi connectivity index (χ1v) is 8.10. The highest BCUT2D eigenvalue weighted by molar-refractivity contribution is 8.13. The number of halogens is 1. The van der Waals surface area contributed by atoms with Crippen LogP contribution < -0.4 is 10.1 Å². The Bertz CT molecular complexity index is 557. The van der Waals surface area contributed by atoms with Crippen molar-refractivity contribution in [2.75, 3.05) is 13.2 Å². The second-order valence-corrected chi connectivity index (χ2v) is 6.47. The summed E-state index contributed by atoms with van der Waals surface area (Å²) in [5.74, 6) is 0.00907. The molecular formula is C12H16ClNO4S. The van der Waals surface area contributed by atoms with Crippen molar-refractivity contribution in [3.8, 4) is 5.75 Å². The number of hydrogen-bond donors (Lipinski definition) is 1. The minimum Gasteiger partial charge on any atom is -0.492 e. The summed E-state index contributed by atoms with van der Waals surface area (Å²) < 4.78 is 28.1. The lowest BCUT2D eigenvalue weighted by atomic mass is 10.2. The van der Waals surface area contributed by atoms with Gasteiger partial charge in [-0.15, -0.1) is 0 Å². The standard InChI is InChI=1S/C12H16ClNO4S/c1-3-14-12(15)6-7-18-10-5-4-9(2)8-11(10)19(13,16)17/h4-5,8H,3,6-7H2,1-2H3,(H,14,15). The molecule has 0 atom stereocenters. The Morgan fingerprint density at radius 2 is 2.11 bits per heavy atom. The van der Waals surface area contributed by atoms with Crippen LogP contribution in [0.3, 0.4) is 0 Å². The summed E-state index contributed by atoms with van der Waals surface area (Å²) in [5, 5.41) is 2.62. The fourth-order valence-corrected chi connectivity index (χ4v) is 2.52. The fourth-order valence-electron chi connectivity index (χ4n) is 1.46. The number of carbonyl (C=O) groups is 1. The minimum absolute atomic E-state index is 0.0786. The van der Waals surface area contributed by atoms with Crippen LogP contribution in [0.15, 0.2) is 23.1 Å². The van der Waals surface area contributed by atoms with Crippen LogP contribution in [0.4, 0.5) is 0 Å². The molecule has 1 N–H and O–H groups in total. The van der Waals surface area contributed by atoms with Gasteiger partial charge in [-0.3, -0.25) is 4.79 Å². The average Bonchev–Trinajstić information content (AvgIpc) is 2.30. The molecule has 0 heterocycles. The molecule has 0 saturated carbocycles. The Morgan fingerprint density at radius 1 is 1.42 bits per heavy atom. The van der Waals surface area contributed by atoms with Crippen molar-refractivity contribution in [1.29, 1.82) is 0 Å². The van der Waals surface area contributed by atoms with Gasteiger partial charge in [-0.1, -0.05) is 6.07 Å². The molecule has 0 aliphatic rings. The highest BCUT2D eigenvalue weighted by Gasteiger charge is 2.17. The van der Waals surface area contributed by atoms with Crippen LogP contribution in [0, 0.1) is 6.92 Å². The van der Waals surface area contributed by atoms with Gasteiger partial charge < -0.3 is 10.1 Å². The van der Waals surface area contributed by atoms with E-state index in [9.17, 15) is 13.2 Å². The van der Waals surface area contributed by atoms with E-state index in [2.05, 4.69) is 5.32 Å². The fraction of sp³-hybridized carbons (Fsp3) is 0.417. The molecule has 0 saturated heterocycles. The van der Waals surface area contributed by atoms with Gasteiger partial charge in [-0.25, -0.2) is 8.42 Å². The monoisotopic (exact) mass is 305 g/mol. The lowest BCUT2D eigenvalue weighted by molar-refractivity contribution is -0.121. The van der Waals surface area contributed by atoms with Crippen molar-refractivity contribution in [3.05, 3.63) is 23.8 Å². The van der Waals surface area contributed by atoms with Crippen LogP contribution in [0.5, 0.6) is 5.75 Å². The molecule has 0 bridgehead atoms. The molecule has 7 heteroatoms. The van der Waals surface area contributed by atoms with E-state index in [-0.39, 0.29) is 29.6 Å². The maximum atomic E-state index is 11.4. The van der Waals surface area contributed by atoms with E-state index in [4.69, 9.17) is 15.4 Å². The van der Waals surface area contributed by atoms with Gasteiger partial charge in [-0.2, -0.15) is 0 Å². The van der Waals surface area contributed by atoms with Gasteiger partial charge >= 0.3 is 0 Å². The van der Waals surface area contributed by atoms with Crippen LogP contribution in [-0.2, 0) is 13.8 Å². The molecule has 1 rings (SSSR count). The molecule has 0 radical (unpaired) electrons. The first kappa shape index (κ1) is 15.8. The van der Waals surface area contributed by atoms with Gasteiger partial charge in [-0.05, 0) is 31.5 Å². The molecule has 0 unspecified atom stereocenters. The third-order valence-corrected chi connectivity index (χ3v) is 3.67. The summed E-state index contributed by atoms with van der Waals surface area (Å²) in [4.78, 5) is 11.2. The van der Waals surface area contributed by atoms with Crippen LogP contribution in [0.2, 0.25) is 0 Å². The Morgan fingerprint density at radius 3 is 2.68 bits per heavy atom. The summed E-state index contributed by atoms with van der Waals surface area (Å²) in [6, 6.07) is 4.68. The second kappa shape index (κ2) is 6.77. The summed E-state index contributed by atoms with van der Waals surface area (Å²) in [6.45, 7) is 4.21. The lowest BCUT2D eigenvalue weighted by Gasteiger charge is -2.10. The maximum Gasteiger partial charge on any atom is 0.264 e. The number of hydrogen-bond acceptors (Lipinski definition) is 4. The van der Waals surface area contributed by atoms with Crippen molar-refractivity contribution in [2.45, 2.75) is 25.2 Å². The number of benzene rings is 1. The topological polar surface area (TPSA) is 72.5 Å². The normalized spacial score (nSPS) is 11.1. The molecular weight excluding hydrogens is 290 g/mol. The molecule has 5 nitrogen and oxygen atoms in total. The summed E-state index contributed by atoms with van der Waals surface area (Å²) in [6.07, 6.45) is 0.156. The molecule has 0 fully saturated rings. The quantitative estimate of drug-likeness (QED) is 0.814. The lowest BCUT2D eigenvalue weighted by Crippen LogP contribution is -2.24. The SMILES string of the molecule is CCNC(=O)CCOc1ccc(C)cc1S(=O)(=O)Cl. The van der Waals surface area contributed by atoms with Gasteiger partial charge in [0.05, 0.1) is 13.0 Å². The van der Waals surface area contributed by atoms with E-state index in [0.29, 0.717) is 6.54 Å². The first-order chi connectivity index (χ1) is 8.84. The van der Waals surface area contributed by atoms with E-state index in [1.54, 1.807) is 13.0 Å². The van der Waals surface area contributed by atoms with Gasteiger partial charge in [0, 0.05) is 17.2 Å². The number of amides is 1. The van der Waals surface area contributed by atoms with Crippen molar-refractivity contribution in [2.24, 2.45) is 0 Å². The largest absolute Gasteiger partial charge is 0.492 e. The molecule has 19 heavy (non-hydrogen) atoms. The number of rotatable bonds is 6. The molecule has 106 valence electrons. The number of carbonyl (C=O) groups excluding carboxylic acids is 1. The van der Waals surface area contributed by atoms with E-state index >= 15 is 0 Å². The van der Waals surface area contributed by atoms with E-state index < -0.39 is 9.05 Å². The summed E-state index contributed by atoms with van der Waals surface area (Å²) >= 11 is 0. The van der Waals surface area contributed by atoms with Gasteiger partial charge in [0.15, 0.2) is 0 Å². The van der Waals surface area contributed by atoms with Crippen LogP contribution in [0.25, 0.3) is 0 Å². The van der Waals surface area contributed by atoms with Crippen molar-refractivity contribution in [3.63, 3.8) is 0 Å². The van der Waals surface area contributed by atoms with Gasteiger partial charge in [0.2, 0.25) is 5.91 Å². The minimum atomic E-state index is -3.87. The van der Waals surface area contributed by atoms with Crippen LogP contribution in [0.1, 0.15) is 18.9 Å². The Hall–Kier alpha value is -1.27. The Kier molecular flexibility index (Phi) is 5.62. The second-order valence-electron chi connectivity index (χ2n) is 3.94. The zero-order valence-corrected chi connectivity index (χ0v) is 12.3. The average molecular weight is 306 g/mol. The molecule has 0 aliphatic heterocycles. The number of aryl methyl sites for hydroxylation is 1. The van der Waals surface area contributed by atoms with Gasteiger partial charge in [0.1, 0.15) is 10.6 Å². The first-order valence-electron chi connectivity index (χ1n) is 5.79. The molecule has 0 spiro atoms. The third kappa shape index (κ3) is 5.08. The van der Waals surface area contributed by atoms with Crippen LogP contribution >= 0.6 is 10.7 Å². The molecule has 1 amide bonds. The molecule has 0 aromatic heterocycles. The molecule has 1 aromatic rings. The highest BCUT2D eigenvalue weighted by atomic mass is 35.7. The van der Waals surface area contributed by atoms with Crippen molar-refractivity contribution < 1.29 is 17.9 Å². The Labute approximate surface area is 117 Å². The van der Waals surface area contributed by atoms with Crippen LogP contribution in [-0.4, -0.2) is 27.5 Å². The molecule has 0 aliphatic carbocycles. The van der Waals surface area contributed by atoms with E-state index in [1.165, 1.54) is 12.1 Å². The summed E-state index contributed by atoms with van der Waals surface area (Å²) in [5.41, 5.74) is 0.760. The zero-order chi connectivity index (χ0) is 14.5. The maximum absolute atomic E-state index is 11.4. The smallest absolute Gasteiger partial charge is 0.264 e. The van der Waals surface area contributed by atoms with Gasteiger partial charge in [0.25, 0.3) is 9.05 Å². The zero-order valence-electron chi connectivity index (χ0n) is 10.8. The van der Waals surface area contributed by atoms with E-state index in [1.807, 2.05) is 6.92 Å². The number of ether oxygens (including phenoxy) is 1. The Balaban J connectivity index is 2.76. The molecule has 1 aromatic carbocycles. The third-order valence-electron chi connectivity index (χ3n) is 2.32. The number of nitrogens with one attached hydrogen (secondary N) is 1.